The molecule has 0 aliphatic carbocycles. The van der Waals surface area contributed by atoms with Crippen molar-refractivity contribution in [3.8, 4) is 0 Å². The van der Waals surface area contributed by atoms with Crippen LogP contribution in [0.25, 0.3) is 0 Å². The highest BCUT2D eigenvalue weighted by Crippen LogP contribution is 2.32. The molecule has 130 valence electrons. The van der Waals surface area contributed by atoms with E-state index in [1.807, 2.05) is 30.3 Å². The van der Waals surface area contributed by atoms with Crippen LogP contribution in [-0.4, -0.2) is 61.1 Å². The smallest absolute Gasteiger partial charge is 0.227 e. The third kappa shape index (κ3) is 3.65. The van der Waals surface area contributed by atoms with Gasteiger partial charge in [0.25, 0.3) is 0 Å². The van der Waals surface area contributed by atoms with Crippen molar-refractivity contribution >= 4 is 5.91 Å². The van der Waals surface area contributed by atoms with Gasteiger partial charge in [0.15, 0.2) is 0 Å². The molecule has 0 aromatic heterocycles. The van der Waals surface area contributed by atoms with Crippen LogP contribution in [0.3, 0.4) is 0 Å². The molecule has 3 aliphatic rings. The van der Waals surface area contributed by atoms with Gasteiger partial charge in [-0.2, -0.15) is 0 Å². The van der Waals surface area contributed by atoms with Gasteiger partial charge in [-0.15, -0.1) is 0 Å². The number of nitrogens with zero attached hydrogens (tertiary/aromatic N) is 2. The molecule has 3 heterocycles. The number of ether oxygens (including phenoxy) is 1. The highest BCUT2D eigenvalue weighted by Gasteiger charge is 2.39. The zero-order chi connectivity index (χ0) is 16.4. The summed E-state index contributed by atoms with van der Waals surface area (Å²) in [6.45, 7) is 6.23. The first-order chi connectivity index (χ1) is 11.8. The lowest BCUT2D eigenvalue weighted by Gasteiger charge is -2.35. The summed E-state index contributed by atoms with van der Waals surface area (Å²) in [6.07, 6.45) is 4.64. The van der Waals surface area contributed by atoms with Crippen LogP contribution in [0.2, 0.25) is 0 Å². The Bertz CT molecular complexity index is 556. The minimum absolute atomic E-state index is 0.293. The molecule has 1 aromatic carbocycles. The Morgan fingerprint density at radius 3 is 2.71 bits per heavy atom. The van der Waals surface area contributed by atoms with Gasteiger partial charge in [-0.3, -0.25) is 4.79 Å². The Hall–Kier alpha value is -1.39. The molecule has 4 rings (SSSR count). The van der Waals surface area contributed by atoms with E-state index in [1.54, 1.807) is 0 Å². The molecule has 0 radical (unpaired) electrons. The van der Waals surface area contributed by atoms with Crippen molar-refractivity contribution in [1.82, 2.24) is 9.80 Å². The largest absolute Gasteiger partial charge is 0.377 e. The average molecular weight is 328 g/mol. The quantitative estimate of drug-likeness (QED) is 0.849. The number of rotatable bonds is 4. The SMILES string of the molecule is O=C(Cc1ccccc1)N1C[C@H]2CN(C[C@H]3CCCO3)CC[C@H]2C1. The summed E-state index contributed by atoms with van der Waals surface area (Å²) in [5, 5.41) is 0. The summed E-state index contributed by atoms with van der Waals surface area (Å²) in [6, 6.07) is 10.1. The average Bonchev–Trinajstić information content (AvgIpc) is 3.25. The number of hydrogen-bond acceptors (Lipinski definition) is 3. The van der Waals surface area contributed by atoms with Crippen molar-refractivity contribution in [1.29, 1.82) is 0 Å². The Labute approximate surface area is 144 Å². The van der Waals surface area contributed by atoms with E-state index in [1.165, 1.54) is 25.8 Å². The molecule has 4 heteroatoms. The van der Waals surface area contributed by atoms with Gasteiger partial charge in [0.05, 0.1) is 12.5 Å². The van der Waals surface area contributed by atoms with E-state index in [0.717, 1.165) is 38.3 Å². The number of carbonyl (C=O) groups excluding carboxylic acids is 1. The maximum absolute atomic E-state index is 12.6. The Morgan fingerprint density at radius 2 is 1.92 bits per heavy atom. The van der Waals surface area contributed by atoms with Gasteiger partial charge in [-0.05, 0) is 43.2 Å². The molecule has 1 aromatic rings. The first-order valence-corrected chi connectivity index (χ1v) is 9.43. The number of piperidine rings is 1. The zero-order valence-corrected chi connectivity index (χ0v) is 14.4. The van der Waals surface area contributed by atoms with Crippen LogP contribution < -0.4 is 0 Å². The maximum Gasteiger partial charge on any atom is 0.227 e. The molecule has 3 saturated heterocycles. The van der Waals surface area contributed by atoms with E-state index in [2.05, 4.69) is 9.80 Å². The molecular formula is C20H28N2O2. The van der Waals surface area contributed by atoms with E-state index in [4.69, 9.17) is 4.74 Å². The normalized spacial score (nSPS) is 30.5. The monoisotopic (exact) mass is 328 g/mol. The third-order valence-corrected chi connectivity index (χ3v) is 5.92. The van der Waals surface area contributed by atoms with Crippen LogP contribution in [0.4, 0.5) is 0 Å². The molecule has 3 atom stereocenters. The molecular weight excluding hydrogens is 300 g/mol. The molecule has 4 nitrogen and oxygen atoms in total. The molecule has 0 unspecified atom stereocenters. The number of benzene rings is 1. The third-order valence-electron chi connectivity index (χ3n) is 5.92. The van der Waals surface area contributed by atoms with Crippen LogP contribution in [-0.2, 0) is 16.0 Å². The van der Waals surface area contributed by atoms with Crippen molar-refractivity contribution < 1.29 is 9.53 Å². The van der Waals surface area contributed by atoms with Gasteiger partial charge in [0.2, 0.25) is 5.91 Å². The fourth-order valence-electron chi connectivity index (χ4n) is 4.57. The minimum Gasteiger partial charge on any atom is -0.377 e. The minimum atomic E-state index is 0.293. The first-order valence-electron chi connectivity index (χ1n) is 9.43. The van der Waals surface area contributed by atoms with Gasteiger partial charge >= 0.3 is 0 Å². The number of amides is 1. The molecule has 0 spiro atoms. The lowest BCUT2D eigenvalue weighted by atomic mass is 9.88. The van der Waals surface area contributed by atoms with Crippen LogP contribution in [0.5, 0.6) is 0 Å². The van der Waals surface area contributed by atoms with Crippen molar-refractivity contribution in [3.63, 3.8) is 0 Å². The topological polar surface area (TPSA) is 32.8 Å². The molecule has 3 fully saturated rings. The van der Waals surface area contributed by atoms with Gasteiger partial charge in [0, 0.05) is 32.8 Å². The Morgan fingerprint density at radius 1 is 1.08 bits per heavy atom. The first kappa shape index (κ1) is 16.1. The second-order valence-corrected chi connectivity index (χ2v) is 7.66. The summed E-state index contributed by atoms with van der Waals surface area (Å²) in [5.74, 6) is 1.65. The lowest BCUT2D eigenvalue weighted by Crippen LogP contribution is -2.43. The van der Waals surface area contributed by atoms with E-state index in [-0.39, 0.29) is 0 Å². The van der Waals surface area contributed by atoms with Gasteiger partial charge in [-0.1, -0.05) is 30.3 Å². The van der Waals surface area contributed by atoms with Crippen LogP contribution in [0, 0.1) is 11.8 Å². The van der Waals surface area contributed by atoms with Crippen molar-refractivity contribution in [2.45, 2.75) is 31.8 Å². The molecule has 3 aliphatic heterocycles. The molecule has 0 saturated carbocycles. The van der Waals surface area contributed by atoms with Gasteiger partial charge < -0.3 is 14.5 Å². The summed E-state index contributed by atoms with van der Waals surface area (Å²) in [7, 11) is 0. The highest BCUT2D eigenvalue weighted by molar-refractivity contribution is 5.79. The molecule has 0 N–H and O–H groups in total. The second kappa shape index (κ2) is 7.24. The van der Waals surface area contributed by atoms with Crippen molar-refractivity contribution in [2.24, 2.45) is 11.8 Å². The molecule has 0 bridgehead atoms. The predicted octanol–water partition coefficient (Wildman–Crippen LogP) is 2.19. The van der Waals surface area contributed by atoms with E-state index < -0.39 is 0 Å². The van der Waals surface area contributed by atoms with Gasteiger partial charge in [0.1, 0.15) is 0 Å². The summed E-state index contributed by atoms with van der Waals surface area (Å²) < 4.78 is 5.79. The highest BCUT2D eigenvalue weighted by atomic mass is 16.5. The predicted molar refractivity (Wildman–Crippen MR) is 93.7 cm³/mol. The number of hydrogen-bond donors (Lipinski definition) is 0. The second-order valence-electron chi connectivity index (χ2n) is 7.66. The van der Waals surface area contributed by atoms with Crippen LogP contribution in [0.15, 0.2) is 30.3 Å². The lowest BCUT2D eigenvalue weighted by molar-refractivity contribution is -0.129. The van der Waals surface area contributed by atoms with E-state index in [0.29, 0.717) is 30.3 Å². The van der Waals surface area contributed by atoms with Crippen LogP contribution >= 0.6 is 0 Å². The fraction of sp³-hybridized carbons (Fsp3) is 0.650. The summed E-state index contributed by atoms with van der Waals surface area (Å²) >= 11 is 0. The number of carbonyl (C=O) groups is 1. The summed E-state index contributed by atoms with van der Waals surface area (Å²) in [5.41, 5.74) is 1.12. The maximum atomic E-state index is 12.6. The fourth-order valence-corrected chi connectivity index (χ4v) is 4.57. The Balaban J connectivity index is 1.30. The molecule has 1 amide bonds. The number of fused-ring (bicyclic) bond motifs is 1. The molecule has 24 heavy (non-hydrogen) atoms. The summed E-state index contributed by atoms with van der Waals surface area (Å²) in [4.78, 5) is 17.3. The zero-order valence-electron chi connectivity index (χ0n) is 14.4. The van der Waals surface area contributed by atoms with Crippen molar-refractivity contribution in [3.05, 3.63) is 35.9 Å². The van der Waals surface area contributed by atoms with E-state index >= 15 is 0 Å². The van der Waals surface area contributed by atoms with E-state index in [9.17, 15) is 4.79 Å². The standard InChI is InChI=1S/C20H28N2O2/c23-20(11-16-5-2-1-3-6-16)22-13-17-8-9-21(12-18(17)14-22)15-19-7-4-10-24-19/h1-3,5-6,17-19H,4,7-15H2/t17-,18+,19+/m0/s1. The number of likely N-dealkylation sites (tertiary alicyclic amines) is 2. The van der Waals surface area contributed by atoms with Crippen LogP contribution in [0.1, 0.15) is 24.8 Å². The van der Waals surface area contributed by atoms with Gasteiger partial charge in [-0.25, -0.2) is 0 Å². The van der Waals surface area contributed by atoms with Crippen molar-refractivity contribution in [2.75, 3.05) is 39.3 Å². The Kier molecular flexibility index (Phi) is 4.86.